The summed E-state index contributed by atoms with van der Waals surface area (Å²) in [6.07, 6.45) is 9.50. The van der Waals surface area contributed by atoms with Gasteiger partial charge in [-0.1, -0.05) is 49.1 Å². The van der Waals surface area contributed by atoms with Crippen molar-refractivity contribution < 1.29 is 14.3 Å². The van der Waals surface area contributed by atoms with E-state index in [0.29, 0.717) is 18.8 Å². The molecule has 0 saturated heterocycles. The summed E-state index contributed by atoms with van der Waals surface area (Å²) in [6, 6.07) is 17.2. The van der Waals surface area contributed by atoms with Crippen molar-refractivity contribution in [2.45, 2.75) is 51.9 Å². The lowest BCUT2D eigenvalue weighted by Crippen LogP contribution is -2.06. The zero-order chi connectivity index (χ0) is 21.2. The molecule has 30 heavy (non-hydrogen) atoms. The van der Waals surface area contributed by atoms with Crippen LogP contribution in [0.5, 0.6) is 5.75 Å². The molecular formula is C27H32O3. The third kappa shape index (κ3) is 6.62. The van der Waals surface area contributed by atoms with E-state index in [9.17, 15) is 4.79 Å². The van der Waals surface area contributed by atoms with E-state index in [1.54, 1.807) is 6.92 Å². The summed E-state index contributed by atoms with van der Waals surface area (Å²) in [6.45, 7) is 6.37. The summed E-state index contributed by atoms with van der Waals surface area (Å²) < 4.78 is 11.1. The maximum atomic E-state index is 11.3. The Balaban J connectivity index is 1.47. The number of unbranched alkanes of at least 4 members (excludes halogenated alkanes) is 2. The van der Waals surface area contributed by atoms with Gasteiger partial charge in [0.25, 0.3) is 0 Å². The largest absolute Gasteiger partial charge is 0.494 e. The van der Waals surface area contributed by atoms with Crippen LogP contribution in [-0.4, -0.2) is 19.2 Å². The van der Waals surface area contributed by atoms with Crippen molar-refractivity contribution in [3.8, 4) is 5.75 Å². The Morgan fingerprint density at radius 2 is 1.77 bits per heavy atom. The summed E-state index contributed by atoms with van der Waals surface area (Å²) in [5.41, 5.74) is 6.03. The van der Waals surface area contributed by atoms with Crippen LogP contribution >= 0.6 is 0 Å². The highest BCUT2D eigenvalue weighted by Crippen LogP contribution is 2.28. The van der Waals surface area contributed by atoms with Crippen LogP contribution in [0, 0.1) is 0 Å². The van der Waals surface area contributed by atoms with E-state index in [4.69, 9.17) is 9.47 Å². The lowest BCUT2D eigenvalue weighted by atomic mass is 9.90. The van der Waals surface area contributed by atoms with Crippen LogP contribution in [0.25, 0.3) is 5.57 Å². The van der Waals surface area contributed by atoms with Crippen molar-refractivity contribution in [1.29, 1.82) is 0 Å². The van der Waals surface area contributed by atoms with Crippen LogP contribution in [0.3, 0.4) is 0 Å². The van der Waals surface area contributed by atoms with Crippen LogP contribution in [0.1, 0.15) is 55.7 Å². The smallest absolute Gasteiger partial charge is 0.333 e. The van der Waals surface area contributed by atoms with E-state index < -0.39 is 0 Å². The molecule has 0 N–H and O–H groups in total. The average Bonchev–Trinajstić information content (AvgIpc) is 2.74. The molecule has 2 aromatic carbocycles. The fraction of sp³-hybridized carbons (Fsp3) is 0.370. The molecule has 0 unspecified atom stereocenters. The molecular weight excluding hydrogens is 372 g/mol. The third-order valence-electron chi connectivity index (χ3n) is 5.42. The second-order valence-corrected chi connectivity index (χ2v) is 7.91. The molecule has 3 rings (SSSR count). The number of aryl methyl sites for hydroxylation is 1. The SMILES string of the molecule is C=C(C)C(=O)OCCCCCOc1ccc2c(c1)CC=C(c1ccccc1)CCC2. The van der Waals surface area contributed by atoms with Gasteiger partial charge in [-0.15, -0.1) is 0 Å². The van der Waals surface area contributed by atoms with Gasteiger partial charge in [-0.2, -0.15) is 0 Å². The first kappa shape index (κ1) is 21.9. The highest BCUT2D eigenvalue weighted by molar-refractivity contribution is 5.86. The van der Waals surface area contributed by atoms with Crippen molar-refractivity contribution >= 4 is 11.5 Å². The molecule has 3 heteroatoms. The first-order chi connectivity index (χ1) is 14.6. The monoisotopic (exact) mass is 404 g/mol. The molecule has 1 aliphatic rings. The first-order valence-electron chi connectivity index (χ1n) is 10.9. The number of rotatable bonds is 9. The minimum Gasteiger partial charge on any atom is -0.494 e. The van der Waals surface area contributed by atoms with E-state index in [-0.39, 0.29) is 5.97 Å². The molecule has 0 aromatic heterocycles. The van der Waals surface area contributed by atoms with Gasteiger partial charge < -0.3 is 9.47 Å². The van der Waals surface area contributed by atoms with Crippen molar-refractivity contribution in [2.75, 3.05) is 13.2 Å². The number of esters is 1. The lowest BCUT2D eigenvalue weighted by molar-refractivity contribution is -0.139. The summed E-state index contributed by atoms with van der Waals surface area (Å²) in [5, 5.41) is 0. The highest BCUT2D eigenvalue weighted by Gasteiger charge is 2.10. The number of allylic oxidation sites excluding steroid dienone is 2. The molecule has 0 spiro atoms. The van der Waals surface area contributed by atoms with Gasteiger partial charge in [-0.05, 0) is 86.3 Å². The van der Waals surface area contributed by atoms with E-state index in [1.807, 2.05) is 0 Å². The minimum atomic E-state index is -0.309. The number of benzene rings is 2. The molecule has 0 bridgehead atoms. The molecule has 0 aliphatic heterocycles. The maximum absolute atomic E-state index is 11.3. The summed E-state index contributed by atoms with van der Waals surface area (Å²) in [7, 11) is 0. The molecule has 0 atom stereocenters. The molecule has 0 radical (unpaired) electrons. The van der Waals surface area contributed by atoms with Crippen LogP contribution in [0.15, 0.2) is 66.8 Å². The zero-order valence-electron chi connectivity index (χ0n) is 18.0. The quantitative estimate of drug-likeness (QED) is 0.279. The number of carbonyl (C=O) groups is 1. The van der Waals surface area contributed by atoms with Crippen LogP contribution < -0.4 is 4.74 Å². The van der Waals surface area contributed by atoms with Gasteiger partial charge in [0.15, 0.2) is 0 Å². The average molecular weight is 405 g/mol. The number of fused-ring (bicyclic) bond motifs is 1. The van der Waals surface area contributed by atoms with Gasteiger partial charge >= 0.3 is 5.97 Å². The van der Waals surface area contributed by atoms with Crippen molar-refractivity contribution in [3.05, 3.63) is 83.4 Å². The van der Waals surface area contributed by atoms with Gasteiger partial charge in [-0.3, -0.25) is 0 Å². The molecule has 0 amide bonds. The van der Waals surface area contributed by atoms with Gasteiger partial charge in [0, 0.05) is 5.57 Å². The summed E-state index contributed by atoms with van der Waals surface area (Å²) in [4.78, 5) is 11.3. The third-order valence-corrected chi connectivity index (χ3v) is 5.42. The van der Waals surface area contributed by atoms with Crippen LogP contribution in [0.2, 0.25) is 0 Å². The number of ether oxygens (including phenoxy) is 2. The highest BCUT2D eigenvalue weighted by atomic mass is 16.5. The van der Waals surface area contributed by atoms with E-state index >= 15 is 0 Å². The summed E-state index contributed by atoms with van der Waals surface area (Å²) >= 11 is 0. The second-order valence-electron chi connectivity index (χ2n) is 7.91. The maximum Gasteiger partial charge on any atom is 0.333 e. The Bertz CT molecular complexity index is 880. The Morgan fingerprint density at radius 3 is 2.57 bits per heavy atom. The predicted octanol–water partition coefficient (Wildman–Crippen LogP) is 6.32. The van der Waals surface area contributed by atoms with Gasteiger partial charge in [-0.25, -0.2) is 4.79 Å². The first-order valence-corrected chi connectivity index (χ1v) is 10.9. The fourth-order valence-electron chi connectivity index (χ4n) is 3.70. The lowest BCUT2D eigenvalue weighted by Gasteiger charge is -2.16. The molecule has 0 saturated carbocycles. The summed E-state index contributed by atoms with van der Waals surface area (Å²) in [5.74, 6) is 0.634. The second kappa shape index (κ2) is 11.4. The fourth-order valence-corrected chi connectivity index (χ4v) is 3.70. The molecule has 2 aromatic rings. The predicted molar refractivity (Wildman–Crippen MR) is 123 cm³/mol. The Labute approximate surface area is 180 Å². The van der Waals surface area contributed by atoms with E-state index in [0.717, 1.165) is 44.3 Å². The topological polar surface area (TPSA) is 35.5 Å². The number of carbonyl (C=O) groups excluding carboxylic acids is 1. The molecule has 0 fully saturated rings. The number of hydrogen-bond donors (Lipinski definition) is 0. The van der Waals surface area contributed by atoms with Crippen molar-refractivity contribution in [2.24, 2.45) is 0 Å². The Hall–Kier alpha value is -2.81. The van der Waals surface area contributed by atoms with Crippen molar-refractivity contribution in [1.82, 2.24) is 0 Å². The normalized spacial score (nSPS) is 13.4. The molecule has 0 heterocycles. The van der Waals surface area contributed by atoms with Crippen LogP contribution in [-0.2, 0) is 22.4 Å². The Morgan fingerprint density at radius 1 is 0.967 bits per heavy atom. The van der Waals surface area contributed by atoms with E-state index in [2.05, 4.69) is 61.2 Å². The van der Waals surface area contributed by atoms with Gasteiger partial charge in [0.1, 0.15) is 5.75 Å². The van der Waals surface area contributed by atoms with E-state index in [1.165, 1.54) is 28.7 Å². The number of hydrogen-bond acceptors (Lipinski definition) is 3. The standard InChI is InChI=1S/C27H32O3/c1-21(2)27(28)30-19-8-4-7-18-29-26-17-16-24-13-9-12-23(14-15-25(24)20-26)22-10-5-3-6-11-22/h3,5-6,10-11,14,16-17,20H,1,4,7-9,12-13,15,18-19H2,2H3. The Kier molecular flexibility index (Phi) is 8.31. The van der Waals surface area contributed by atoms with Gasteiger partial charge in [0.2, 0.25) is 0 Å². The van der Waals surface area contributed by atoms with Crippen molar-refractivity contribution in [3.63, 3.8) is 0 Å². The minimum absolute atomic E-state index is 0.309. The molecule has 1 aliphatic carbocycles. The van der Waals surface area contributed by atoms with Gasteiger partial charge in [0.05, 0.1) is 13.2 Å². The van der Waals surface area contributed by atoms with Crippen LogP contribution in [0.4, 0.5) is 0 Å². The zero-order valence-corrected chi connectivity index (χ0v) is 18.0. The molecule has 158 valence electrons. The molecule has 3 nitrogen and oxygen atoms in total.